The Morgan fingerprint density at radius 2 is 1.91 bits per heavy atom. The van der Waals surface area contributed by atoms with Gasteiger partial charge in [0.05, 0.1) is 35.5 Å². The molecule has 6 rings (SSSR count). The van der Waals surface area contributed by atoms with Gasteiger partial charge in [0.25, 0.3) is 5.91 Å². The van der Waals surface area contributed by atoms with Crippen LogP contribution in [0.2, 0.25) is 0 Å². The molecule has 1 N–H and O–H groups in total. The number of hydrogen-bond acceptors (Lipinski definition) is 8. The molecule has 3 aromatic rings. The molecule has 0 spiro atoms. The number of aromatic nitrogens is 2. The molecule has 1 aromatic carbocycles. The lowest BCUT2D eigenvalue weighted by atomic mass is 9.94. The highest BCUT2D eigenvalue weighted by molar-refractivity contribution is 7.17. The normalized spacial score (nSPS) is 19.6. The number of pyridine rings is 1. The number of ether oxygens (including phenoxy) is 1. The number of amides is 1. The van der Waals surface area contributed by atoms with E-state index >= 15 is 0 Å². The molecule has 0 saturated carbocycles. The van der Waals surface area contributed by atoms with Crippen LogP contribution in [0.3, 0.4) is 0 Å². The number of rotatable bonds is 3. The lowest BCUT2D eigenvalue weighted by Gasteiger charge is -2.33. The Hall–Kier alpha value is -3.17. The second-order valence-electron chi connectivity index (χ2n) is 10.2. The summed E-state index contributed by atoms with van der Waals surface area (Å²) in [6.45, 7) is 9.51. The number of anilines is 3. The van der Waals surface area contributed by atoms with Crippen molar-refractivity contribution in [2.75, 3.05) is 56.2 Å². The Labute approximate surface area is 209 Å². The molecule has 1 amide bonds. The monoisotopic (exact) mass is 490 g/mol. The van der Waals surface area contributed by atoms with Crippen molar-refractivity contribution in [3.8, 4) is 17.0 Å². The van der Waals surface area contributed by atoms with Crippen molar-refractivity contribution in [2.45, 2.75) is 25.8 Å². The summed E-state index contributed by atoms with van der Waals surface area (Å²) >= 11 is 1.46. The van der Waals surface area contributed by atoms with Gasteiger partial charge in [-0.15, -0.1) is 0 Å². The molecule has 182 valence electrons. The number of hydrogen-bond donors (Lipinski definition) is 1. The third kappa shape index (κ3) is 4.23. The largest absolute Gasteiger partial charge is 0.490 e. The van der Waals surface area contributed by atoms with E-state index in [0.29, 0.717) is 18.0 Å². The molecule has 0 unspecified atom stereocenters. The summed E-state index contributed by atoms with van der Waals surface area (Å²) < 4.78 is 5.95. The summed E-state index contributed by atoms with van der Waals surface area (Å²) in [6.07, 6.45) is 2.70. The third-order valence-electron chi connectivity index (χ3n) is 6.92. The van der Waals surface area contributed by atoms with Crippen LogP contribution in [0, 0.1) is 0 Å². The molecule has 35 heavy (non-hydrogen) atoms. The molecule has 1 saturated heterocycles. The summed E-state index contributed by atoms with van der Waals surface area (Å²) in [5.41, 5.74) is 4.68. The average Bonchev–Trinajstić information content (AvgIpc) is 3.27. The Morgan fingerprint density at radius 3 is 2.69 bits per heavy atom. The van der Waals surface area contributed by atoms with Gasteiger partial charge in [-0.1, -0.05) is 11.3 Å². The lowest BCUT2D eigenvalue weighted by molar-refractivity contribution is 0.0901. The molecular weight excluding hydrogens is 460 g/mol. The van der Waals surface area contributed by atoms with Gasteiger partial charge in [-0.05, 0) is 51.2 Å². The number of likely N-dealkylation sites (N-methyl/N-ethyl adjacent to an activating group) is 1. The zero-order valence-electron chi connectivity index (χ0n) is 20.4. The Bertz CT molecular complexity index is 1260. The molecule has 0 radical (unpaired) electrons. The van der Waals surface area contributed by atoms with Crippen LogP contribution < -0.4 is 19.9 Å². The predicted molar refractivity (Wildman–Crippen MR) is 139 cm³/mol. The van der Waals surface area contributed by atoms with Crippen LogP contribution >= 0.6 is 11.3 Å². The van der Waals surface area contributed by atoms with Crippen LogP contribution in [0.1, 0.15) is 29.2 Å². The molecule has 5 heterocycles. The summed E-state index contributed by atoms with van der Waals surface area (Å²) in [6, 6.07) is 10.4. The quantitative estimate of drug-likeness (QED) is 0.602. The number of nitrogens with zero attached hydrogens (tertiary/aromatic N) is 5. The van der Waals surface area contributed by atoms with Gasteiger partial charge in [-0.25, -0.2) is 4.98 Å². The molecule has 3 aliphatic heterocycles. The van der Waals surface area contributed by atoms with Crippen LogP contribution in [0.25, 0.3) is 11.3 Å². The zero-order chi connectivity index (χ0) is 24.2. The van der Waals surface area contributed by atoms with E-state index in [4.69, 9.17) is 14.7 Å². The summed E-state index contributed by atoms with van der Waals surface area (Å²) in [7, 11) is 2.16. The van der Waals surface area contributed by atoms with Gasteiger partial charge < -0.3 is 24.8 Å². The predicted octanol–water partition coefficient (Wildman–Crippen LogP) is 3.55. The Morgan fingerprint density at radius 1 is 1.09 bits per heavy atom. The number of nitrogens with one attached hydrogen (secondary N) is 1. The van der Waals surface area contributed by atoms with Crippen LogP contribution in [-0.4, -0.2) is 72.7 Å². The van der Waals surface area contributed by atoms with Crippen molar-refractivity contribution < 1.29 is 9.53 Å². The van der Waals surface area contributed by atoms with Crippen LogP contribution in [0.15, 0.2) is 36.5 Å². The van der Waals surface area contributed by atoms with E-state index < -0.39 is 0 Å². The van der Waals surface area contributed by atoms with Gasteiger partial charge in [-0.2, -0.15) is 0 Å². The highest BCUT2D eigenvalue weighted by atomic mass is 32.1. The van der Waals surface area contributed by atoms with Crippen molar-refractivity contribution in [1.29, 1.82) is 0 Å². The first-order valence-corrected chi connectivity index (χ1v) is 12.9. The van der Waals surface area contributed by atoms with Crippen molar-refractivity contribution in [1.82, 2.24) is 20.2 Å². The third-order valence-corrected chi connectivity index (χ3v) is 8.04. The molecule has 0 bridgehead atoms. The van der Waals surface area contributed by atoms with Gasteiger partial charge in [0.2, 0.25) is 0 Å². The van der Waals surface area contributed by atoms with E-state index in [1.54, 1.807) is 0 Å². The van der Waals surface area contributed by atoms with Gasteiger partial charge in [0, 0.05) is 43.7 Å². The van der Waals surface area contributed by atoms with Gasteiger partial charge in [0.1, 0.15) is 17.2 Å². The van der Waals surface area contributed by atoms with Crippen LogP contribution in [0.5, 0.6) is 5.75 Å². The van der Waals surface area contributed by atoms with Crippen molar-refractivity contribution >= 4 is 33.8 Å². The number of benzene rings is 1. The molecule has 0 atom stereocenters. The van der Waals surface area contributed by atoms with Crippen molar-refractivity contribution in [3.63, 3.8) is 0 Å². The highest BCUT2D eigenvalue weighted by Crippen LogP contribution is 2.42. The Balaban J connectivity index is 1.29. The summed E-state index contributed by atoms with van der Waals surface area (Å²) in [5, 5.41) is 3.92. The number of piperazine rings is 1. The maximum absolute atomic E-state index is 12.6. The minimum absolute atomic E-state index is 0.0353. The van der Waals surface area contributed by atoms with Gasteiger partial charge >= 0.3 is 0 Å². The molecular formula is C26H30N6O2S. The molecule has 9 heteroatoms. The number of carbonyl (C=O) groups excluding carboxylic acids is 1. The van der Waals surface area contributed by atoms with E-state index in [9.17, 15) is 4.79 Å². The van der Waals surface area contributed by atoms with Gasteiger partial charge in [-0.3, -0.25) is 9.78 Å². The van der Waals surface area contributed by atoms with E-state index in [1.807, 2.05) is 26.1 Å². The fourth-order valence-corrected chi connectivity index (χ4v) is 5.98. The van der Waals surface area contributed by atoms with Crippen molar-refractivity contribution in [3.05, 3.63) is 47.1 Å². The van der Waals surface area contributed by atoms with Gasteiger partial charge in [0.15, 0.2) is 5.13 Å². The average molecular weight is 491 g/mol. The molecule has 8 nitrogen and oxygen atoms in total. The topological polar surface area (TPSA) is 73.8 Å². The number of thiazole rings is 1. The van der Waals surface area contributed by atoms with Crippen LogP contribution in [-0.2, 0) is 6.42 Å². The first kappa shape index (κ1) is 22.3. The summed E-state index contributed by atoms with van der Waals surface area (Å²) in [4.78, 5) is 29.9. The standard InChI is InChI=1S/C26H30N6O2S/c1-26(2)15-20-23(24(33)29-26)35-25(28-20)32-12-13-34-22-7-4-17(14-21(22)32)19-6-5-18(16-27-19)31-10-8-30(3)9-11-31/h4-7,14,16H,8-13,15H2,1-3H3,(H,29,33). The first-order valence-electron chi connectivity index (χ1n) is 12.1. The Kier molecular flexibility index (Phi) is 5.41. The SMILES string of the molecule is CN1CCN(c2ccc(-c3ccc4c(c3)N(c3nc5c(s3)C(=O)NC(C)(C)C5)CCO4)nc2)CC1. The van der Waals surface area contributed by atoms with E-state index in [0.717, 1.165) is 66.1 Å². The van der Waals surface area contributed by atoms with Crippen molar-refractivity contribution in [2.24, 2.45) is 0 Å². The number of carbonyl (C=O) groups is 1. The smallest absolute Gasteiger partial charge is 0.263 e. The molecule has 0 aliphatic carbocycles. The minimum Gasteiger partial charge on any atom is -0.490 e. The maximum atomic E-state index is 12.6. The first-order chi connectivity index (χ1) is 16.9. The summed E-state index contributed by atoms with van der Waals surface area (Å²) in [5.74, 6) is 0.791. The minimum atomic E-state index is -0.284. The second-order valence-corrected chi connectivity index (χ2v) is 11.1. The second kappa shape index (κ2) is 8.49. The molecule has 2 aromatic heterocycles. The fourth-order valence-electron chi connectivity index (χ4n) is 4.96. The van der Waals surface area contributed by atoms with Crippen LogP contribution in [0.4, 0.5) is 16.5 Å². The molecule has 1 fully saturated rings. The number of fused-ring (bicyclic) bond motifs is 2. The lowest BCUT2D eigenvalue weighted by Crippen LogP contribution is -2.48. The highest BCUT2D eigenvalue weighted by Gasteiger charge is 2.34. The zero-order valence-corrected chi connectivity index (χ0v) is 21.2. The van der Waals surface area contributed by atoms with E-state index in [-0.39, 0.29) is 11.4 Å². The fraction of sp³-hybridized carbons (Fsp3) is 0.423. The van der Waals surface area contributed by atoms with E-state index in [2.05, 4.69) is 51.3 Å². The maximum Gasteiger partial charge on any atom is 0.263 e. The van der Waals surface area contributed by atoms with E-state index in [1.165, 1.54) is 17.0 Å². The molecule has 3 aliphatic rings.